The zero-order valence-corrected chi connectivity index (χ0v) is 30.5. The molecule has 0 bridgehead atoms. The first kappa shape index (κ1) is 35.6. The molecule has 7 aliphatic rings. The summed E-state index contributed by atoms with van der Waals surface area (Å²) in [4.78, 5) is 59.8. The van der Waals surface area contributed by atoms with Gasteiger partial charge in [-0.2, -0.15) is 9.97 Å². The third-order valence-corrected chi connectivity index (χ3v) is 13.6. The molecule has 11 heteroatoms. The summed E-state index contributed by atoms with van der Waals surface area (Å²) < 4.78 is 0. The van der Waals surface area contributed by atoms with Crippen LogP contribution in [-0.4, -0.2) is 91.1 Å². The fourth-order valence-corrected chi connectivity index (χ4v) is 11.1. The zero-order chi connectivity index (χ0) is 31.6. The van der Waals surface area contributed by atoms with Crippen molar-refractivity contribution in [2.24, 2.45) is 34.5 Å². The lowest BCUT2D eigenvalue weighted by atomic mass is 9.46. The van der Waals surface area contributed by atoms with Crippen molar-refractivity contribution in [3.8, 4) is 0 Å². The van der Waals surface area contributed by atoms with E-state index in [-0.39, 0.29) is 53.3 Å². The lowest BCUT2D eigenvalue weighted by Crippen LogP contribution is -2.56. The Bertz CT molecular complexity index is 1400. The Labute approximate surface area is 298 Å². The summed E-state index contributed by atoms with van der Waals surface area (Å²) in [6.45, 7) is 12.6. The maximum atomic E-state index is 14.1. The summed E-state index contributed by atoms with van der Waals surface area (Å²) in [7, 11) is 0. The summed E-state index contributed by atoms with van der Waals surface area (Å²) in [6.07, 6.45) is 12.5. The first-order chi connectivity index (χ1) is 22.2. The predicted octanol–water partition coefficient (Wildman–Crippen LogP) is 5.54. The molecule has 0 unspecified atom stereocenters. The predicted molar refractivity (Wildman–Crippen MR) is 194 cm³/mol. The van der Waals surface area contributed by atoms with Crippen LogP contribution >= 0.6 is 24.8 Å². The van der Waals surface area contributed by atoms with Crippen LogP contribution in [0.4, 0.5) is 17.6 Å². The van der Waals surface area contributed by atoms with Crippen molar-refractivity contribution >= 4 is 59.7 Å². The Morgan fingerprint density at radius 1 is 0.812 bits per heavy atom. The minimum atomic E-state index is -0.238. The van der Waals surface area contributed by atoms with Crippen molar-refractivity contribution in [1.29, 1.82) is 0 Å². The summed E-state index contributed by atoms with van der Waals surface area (Å²) in [5.41, 5.74) is 0.803. The molecule has 8 rings (SSSR count). The van der Waals surface area contributed by atoms with Crippen LogP contribution in [0.5, 0.6) is 0 Å². The number of aromatic nitrogens is 2. The molecule has 0 spiro atoms. The summed E-state index contributed by atoms with van der Waals surface area (Å²) >= 11 is 0. The van der Waals surface area contributed by atoms with Crippen LogP contribution in [-0.2, 0) is 14.4 Å². The third kappa shape index (κ3) is 6.08. The van der Waals surface area contributed by atoms with Gasteiger partial charge in [-0.1, -0.05) is 19.4 Å². The molecule has 3 saturated heterocycles. The van der Waals surface area contributed by atoms with Gasteiger partial charge < -0.3 is 14.7 Å². The summed E-state index contributed by atoms with van der Waals surface area (Å²) in [6, 6.07) is 2.19. The van der Waals surface area contributed by atoms with Gasteiger partial charge in [0, 0.05) is 83.1 Å². The van der Waals surface area contributed by atoms with Gasteiger partial charge in [-0.3, -0.25) is 19.3 Å². The summed E-state index contributed by atoms with van der Waals surface area (Å²) in [5.74, 6) is 4.61. The molecule has 48 heavy (non-hydrogen) atoms. The Hall–Kier alpha value is -2.23. The molecule has 4 heterocycles. The lowest BCUT2D eigenvalue weighted by Gasteiger charge is -2.56. The third-order valence-electron chi connectivity index (χ3n) is 13.6. The fraction of sp³-hybridized carbons (Fsp3) is 0.757. The molecule has 6 fully saturated rings. The van der Waals surface area contributed by atoms with Crippen molar-refractivity contribution in [1.82, 2.24) is 14.9 Å². The molecule has 1 aromatic heterocycles. The van der Waals surface area contributed by atoms with Crippen LogP contribution in [0.2, 0.25) is 0 Å². The van der Waals surface area contributed by atoms with E-state index in [0.717, 1.165) is 102 Å². The number of anilines is 3. The van der Waals surface area contributed by atoms with Crippen molar-refractivity contribution in [2.45, 2.75) is 84.5 Å². The first-order valence-electron chi connectivity index (χ1n) is 18.4. The van der Waals surface area contributed by atoms with E-state index in [4.69, 9.17) is 9.97 Å². The van der Waals surface area contributed by atoms with E-state index in [2.05, 4.69) is 39.5 Å². The number of rotatable bonds is 6. The van der Waals surface area contributed by atoms with Gasteiger partial charge in [0.1, 0.15) is 23.2 Å². The van der Waals surface area contributed by atoms with Crippen LogP contribution in [0.25, 0.3) is 0 Å². The first-order valence-corrected chi connectivity index (χ1v) is 18.4. The van der Waals surface area contributed by atoms with Crippen molar-refractivity contribution < 1.29 is 14.4 Å². The van der Waals surface area contributed by atoms with Crippen LogP contribution in [0.1, 0.15) is 84.5 Å². The Balaban J connectivity index is 0.00000201. The van der Waals surface area contributed by atoms with Gasteiger partial charge >= 0.3 is 0 Å². The maximum Gasteiger partial charge on any atom is 0.229 e. The largest absolute Gasteiger partial charge is 0.356 e. The number of allylic oxidation sites excluding steroid dienone is 1. The average Bonchev–Trinajstić information content (AvgIpc) is 3.83. The molecule has 3 aliphatic heterocycles. The number of nitrogens with zero attached hydrogens (tertiary/aromatic N) is 6. The second kappa shape index (κ2) is 13.8. The molecule has 264 valence electrons. The van der Waals surface area contributed by atoms with Gasteiger partial charge in [0.25, 0.3) is 0 Å². The van der Waals surface area contributed by atoms with Crippen LogP contribution < -0.4 is 14.7 Å². The Kier molecular flexibility index (Phi) is 10.2. The van der Waals surface area contributed by atoms with Gasteiger partial charge in [0.15, 0.2) is 5.78 Å². The normalized spacial score (nSPS) is 35.0. The molecule has 9 nitrogen and oxygen atoms in total. The molecular weight excluding hydrogens is 647 g/mol. The number of hydrogen-bond donors (Lipinski definition) is 0. The molecule has 0 amide bonds. The number of hydrogen-bond acceptors (Lipinski definition) is 9. The van der Waals surface area contributed by atoms with Crippen molar-refractivity contribution in [3.63, 3.8) is 0 Å². The zero-order valence-electron chi connectivity index (χ0n) is 28.8. The van der Waals surface area contributed by atoms with Gasteiger partial charge in [0.05, 0.1) is 6.54 Å². The topological polar surface area (TPSA) is 90.0 Å². The van der Waals surface area contributed by atoms with Gasteiger partial charge in [-0.25, -0.2) is 0 Å². The molecule has 4 aliphatic carbocycles. The molecule has 6 atom stereocenters. The highest BCUT2D eigenvalue weighted by atomic mass is 35.5. The van der Waals surface area contributed by atoms with E-state index < -0.39 is 0 Å². The Morgan fingerprint density at radius 3 is 2.10 bits per heavy atom. The van der Waals surface area contributed by atoms with Crippen LogP contribution in [0, 0.1) is 34.5 Å². The number of piperazine rings is 1. The molecule has 0 aromatic carbocycles. The highest BCUT2D eigenvalue weighted by Crippen LogP contribution is 2.65. The van der Waals surface area contributed by atoms with Crippen LogP contribution in [0.15, 0.2) is 17.7 Å². The SMILES string of the molecule is C[C@]12CC(=O)[C@H]3[C@@H](CCC4=CC(=O)CC[C@@]43C)[C@@H]1CC[C@@H]2C(=O)CN1CCN(c2cc(N3CCCC3)nc(N3CCCC3)n2)CC1.Cl.Cl. The highest BCUT2D eigenvalue weighted by molar-refractivity contribution is 5.93. The lowest BCUT2D eigenvalue weighted by molar-refractivity contribution is -0.148. The van der Waals surface area contributed by atoms with Crippen molar-refractivity contribution in [3.05, 3.63) is 17.7 Å². The minimum absolute atomic E-state index is 0. The fourth-order valence-electron chi connectivity index (χ4n) is 11.1. The number of carbonyl (C=O) groups excluding carboxylic acids is 3. The van der Waals surface area contributed by atoms with E-state index >= 15 is 0 Å². The molecule has 3 saturated carbocycles. The quantitative estimate of drug-likeness (QED) is 0.380. The number of halogens is 2. The second-order valence-corrected chi connectivity index (χ2v) is 16.1. The smallest absolute Gasteiger partial charge is 0.229 e. The monoisotopic (exact) mass is 700 g/mol. The van der Waals surface area contributed by atoms with E-state index in [0.29, 0.717) is 42.8 Å². The average molecular weight is 702 g/mol. The number of Topliss-reactive ketones (excluding diaryl/α,β-unsaturated/α-hetero) is 2. The van der Waals surface area contributed by atoms with Crippen LogP contribution in [0.3, 0.4) is 0 Å². The maximum absolute atomic E-state index is 14.1. The number of fused-ring (bicyclic) bond motifs is 5. The minimum Gasteiger partial charge on any atom is -0.356 e. The van der Waals surface area contributed by atoms with E-state index in [1.165, 1.54) is 31.3 Å². The van der Waals surface area contributed by atoms with E-state index in [1.807, 2.05) is 6.08 Å². The summed E-state index contributed by atoms with van der Waals surface area (Å²) in [5, 5.41) is 0. The van der Waals surface area contributed by atoms with Gasteiger partial charge in [0.2, 0.25) is 5.95 Å². The van der Waals surface area contributed by atoms with Gasteiger partial charge in [-0.15, -0.1) is 24.8 Å². The standard InChI is InChI=1S/C37H52N6O3.2ClH/c1-36-12-11-26(44)21-25(36)7-8-27-28-9-10-29(37(28,2)23-30(45)34(27)36)31(46)24-40-17-19-42(20-18-40)33-22-32(41-13-3-4-14-41)38-35(39-33)43-15-5-6-16-43;;/h21-22,27-29,34H,3-20,23-24H2,1-2H3;2*1H/t27-,28-,29+,34+,36-,37-;;/m0../s1. The number of ketones is 3. The van der Waals surface area contributed by atoms with Crippen molar-refractivity contribution in [2.75, 3.05) is 73.6 Å². The molecule has 0 radical (unpaired) electrons. The van der Waals surface area contributed by atoms with Gasteiger partial charge in [-0.05, 0) is 86.5 Å². The molecule has 0 N–H and O–H groups in total. The van der Waals surface area contributed by atoms with E-state index in [1.54, 1.807) is 0 Å². The Morgan fingerprint density at radius 2 is 1.44 bits per heavy atom. The highest BCUT2D eigenvalue weighted by Gasteiger charge is 2.63. The second-order valence-electron chi connectivity index (χ2n) is 16.1. The van der Waals surface area contributed by atoms with E-state index in [9.17, 15) is 14.4 Å². The molecular formula is C37H54Cl2N6O3. The molecule has 1 aromatic rings. The number of carbonyl (C=O) groups is 3.